The van der Waals surface area contributed by atoms with Gasteiger partial charge in [0, 0.05) is 0 Å². The fourth-order valence-electron chi connectivity index (χ4n) is 3.56. The SMILES string of the molecule is Cc1cc(C)c(COCC2CCCCC2CN)c(C)c1. The van der Waals surface area contributed by atoms with Crippen LogP contribution in [0.25, 0.3) is 0 Å². The molecule has 0 spiro atoms. The summed E-state index contributed by atoms with van der Waals surface area (Å²) in [6, 6.07) is 4.49. The van der Waals surface area contributed by atoms with E-state index in [1.807, 2.05) is 0 Å². The largest absolute Gasteiger partial charge is 0.376 e. The van der Waals surface area contributed by atoms with Crippen LogP contribution in [0.2, 0.25) is 0 Å². The summed E-state index contributed by atoms with van der Waals surface area (Å²) in [7, 11) is 0. The Morgan fingerprint density at radius 3 is 2.25 bits per heavy atom. The molecule has 1 fully saturated rings. The van der Waals surface area contributed by atoms with E-state index >= 15 is 0 Å². The number of ether oxygens (including phenoxy) is 1. The van der Waals surface area contributed by atoms with Crippen molar-refractivity contribution in [2.75, 3.05) is 13.2 Å². The van der Waals surface area contributed by atoms with E-state index in [2.05, 4.69) is 32.9 Å². The van der Waals surface area contributed by atoms with Crippen molar-refractivity contribution >= 4 is 0 Å². The highest BCUT2D eigenvalue weighted by Gasteiger charge is 2.24. The summed E-state index contributed by atoms with van der Waals surface area (Å²) in [6.07, 6.45) is 5.25. The first kappa shape index (κ1) is 15.5. The number of benzene rings is 1. The number of hydrogen-bond acceptors (Lipinski definition) is 2. The molecule has 20 heavy (non-hydrogen) atoms. The van der Waals surface area contributed by atoms with E-state index in [1.54, 1.807) is 0 Å². The molecule has 0 radical (unpaired) electrons. The molecule has 2 unspecified atom stereocenters. The third kappa shape index (κ3) is 3.83. The zero-order valence-corrected chi connectivity index (χ0v) is 13.2. The second-order valence-corrected chi connectivity index (χ2v) is 6.43. The third-order valence-corrected chi connectivity index (χ3v) is 4.79. The second-order valence-electron chi connectivity index (χ2n) is 6.43. The summed E-state index contributed by atoms with van der Waals surface area (Å²) in [5, 5.41) is 0. The van der Waals surface area contributed by atoms with Gasteiger partial charge in [0.25, 0.3) is 0 Å². The Kier molecular flexibility index (Phi) is 5.62. The molecule has 1 aliphatic rings. The average molecular weight is 275 g/mol. The Hall–Kier alpha value is -0.860. The molecule has 1 aromatic carbocycles. The summed E-state index contributed by atoms with van der Waals surface area (Å²) in [6.45, 7) is 8.94. The van der Waals surface area contributed by atoms with Gasteiger partial charge in [-0.2, -0.15) is 0 Å². The Bertz CT molecular complexity index is 418. The lowest BCUT2D eigenvalue weighted by Crippen LogP contribution is -2.29. The quantitative estimate of drug-likeness (QED) is 0.884. The van der Waals surface area contributed by atoms with E-state index in [-0.39, 0.29) is 0 Å². The van der Waals surface area contributed by atoms with Gasteiger partial charge in [-0.05, 0) is 68.7 Å². The second kappa shape index (κ2) is 7.24. The standard InChI is InChI=1S/C18H29NO/c1-13-8-14(2)18(15(3)9-13)12-20-11-17-7-5-4-6-16(17)10-19/h8-9,16-17H,4-7,10-12,19H2,1-3H3. The average Bonchev–Trinajstić information content (AvgIpc) is 2.42. The summed E-state index contributed by atoms with van der Waals surface area (Å²) >= 11 is 0. The number of aryl methyl sites for hydroxylation is 3. The van der Waals surface area contributed by atoms with Gasteiger partial charge in [0.2, 0.25) is 0 Å². The number of rotatable bonds is 5. The maximum absolute atomic E-state index is 6.04. The van der Waals surface area contributed by atoms with Crippen molar-refractivity contribution in [2.45, 2.75) is 53.1 Å². The van der Waals surface area contributed by atoms with Crippen molar-refractivity contribution in [1.82, 2.24) is 0 Å². The van der Waals surface area contributed by atoms with E-state index in [9.17, 15) is 0 Å². The number of hydrogen-bond donors (Lipinski definition) is 1. The molecule has 2 heteroatoms. The first-order valence-corrected chi connectivity index (χ1v) is 7.96. The van der Waals surface area contributed by atoms with Crippen LogP contribution in [-0.4, -0.2) is 13.2 Å². The van der Waals surface area contributed by atoms with Crippen LogP contribution in [-0.2, 0) is 11.3 Å². The summed E-state index contributed by atoms with van der Waals surface area (Å²) in [5.41, 5.74) is 11.3. The minimum atomic E-state index is 0.666. The lowest BCUT2D eigenvalue weighted by Gasteiger charge is -2.30. The Labute approximate surface area is 123 Å². The van der Waals surface area contributed by atoms with Gasteiger partial charge < -0.3 is 10.5 Å². The monoisotopic (exact) mass is 275 g/mol. The van der Waals surface area contributed by atoms with Crippen LogP contribution in [0.5, 0.6) is 0 Å². The lowest BCUT2D eigenvalue weighted by atomic mass is 9.80. The van der Waals surface area contributed by atoms with Crippen molar-refractivity contribution in [3.8, 4) is 0 Å². The van der Waals surface area contributed by atoms with Crippen molar-refractivity contribution in [1.29, 1.82) is 0 Å². The highest BCUT2D eigenvalue weighted by atomic mass is 16.5. The third-order valence-electron chi connectivity index (χ3n) is 4.79. The first-order valence-electron chi connectivity index (χ1n) is 7.96. The summed E-state index contributed by atoms with van der Waals surface area (Å²) in [5.74, 6) is 1.34. The van der Waals surface area contributed by atoms with Crippen LogP contribution < -0.4 is 5.73 Å². The van der Waals surface area contributed by atoms with Gasteiger partial charge in [0.05, 0.1) is 13.2 Å². The zero-order valence-electron chi connectivity index (χ0n) is 13.2. The van der Waals surface area contributed by atoms with Crippen LogP contribution in [0.4, 0.5) is 0 Å². The highest BCUT2D eigenvalue weighted by Crippen LogP contribution is 2.29. The fraction of sp³-hybridized carbons (Fsp3) is 0.667. The van der Waals surface area contributed by atoms with E-state index in [0.717, 1.165) is 19.8 Å². The van der Waals surface area contributed by atoms with E-state index < -0.39 is 0 Å². The van der Waals surface area contributed by atoms with E-state index in [4.69, 9.17) is 10.5 Å². The predicted molar refractivity (Wildman–Crippen MR) is 84.8 cm³/mol. The van der Waals surface area contributed by atoms with E-state index in [1.165, 1.54) is 47.9 Å². The molecule has 112 valence electrons. The maximum atomic E-state index is 6.04. The van der Waals surface area contributed by atoms with Gasteiger partial charge in [-0.25, -0.2) is 0 Å². The Morgan fingerprint density at radius 1 is 1.05 bits per heavy atom. The normalized spacial score (nSPS) is 23.0. The van der Waals surface area contributed by atoms with Gasteiger partial charge in [-0.15, -0.1) is 0 Å². The molecule has 1 saturated carbocycles. The molecular weight excluding hydrogens is 246 g/mol. The predicted octanol–water partition coefficient (Wildman–Crippen LogP) is 3.89. The summed E-state index contributed by atoms with van der Waals surface area (Å²) in [4.78, 5) is 0. The van der Waals surface area contributed by atoms with Crippen molar-refractivity contribution in [3.05, 3.63) is 34.4 Å². The molecule has 2 rings (SSSR count). The van der Waals surface area contributed by atoms with Crippen molar-refractivity contribution in [3.63, 3.8) is 0 Å². The molecule has 1 aliphatic carbocycles. The molecule has 2 atom stereocenters. The zero-order chi connectivity index (χ0) is 14.5. The van der Waals surface area contributed by atoms with Crippen LogP contribution in [0.1, 0.15) is 47.9 Å². The highest BCUT2D eigenvalue weighted by molar-refractivity contribution is 5.36. The first-order chi connectivity index (χ1) is 9.61. The molecule has 0 bridgehead atoms. The minimum Gasteiger partial charge on any atom is -0.376 e. The minimum absolute atomic E-state index is 0.666. The maximum Gasteiger partial charge on any atom is 0.0722 e. The van der Waals surface area contributed by atoms with Gasteiger partial charge in [0.15, 0.2) is 0 Å². The number of nitrogens with two attached hydrogens (primary N) is 1. The molecular formula is C18H29NO. The van der Waals surface area contributed by atoms with Crippen LogP contribution in [0.3, 0.4) is 0 Å². The van der Waals surface area contributed by atoms with Gasteiger partial charge in [-0.3, -0.25) is 0 Å². The molecule has 2 nitrogen and oxygen atoms in total. The fourth-order valence-corrected chi connectivity index (χ4v) is 3.56. The molecule has 0 heterocycles. The Balaban J connectivity index is 1.89. The Morgan fingerprint density at radius 2 is 1.65 bits per heavy atom. The molecule has 2 N–H and O–H groups in total. The van der Waals surface area contributed by atoms with Crippen LogP contribution >= 0.6 is 0 Å². The van der Waals surface area contributed by atoms with Crippen LogP contribution in [0.15, 0.2) is 12.1 Å². The van der Waals surface area contributed by atoms with Crippen molar-refractivity contribution < 1.29 is 4.74 Å². The molecule has 0 saturated heterocycles. The smallest absolute Gasteiger partial charge is 0.0722 e. The summed E-state index contributed by atoms with van der Waals surface area (Å²) < 4.78 is 6.04. The van der Waals surface area contributed by atoms with Gasteiger partial charge >= 0.3 is 0 Å². The molecule has 1 aromatic rings. The topological polar surface area (TPSA) is 35.2 Å². The molecule has 0 aliphatic heterocycles. The molecule has 0 amide bonds. The van der Waals surface area contributed by atoms with Crippen molar-refractivity contribution in [2.24, 2.45) is 17.6 Å². The van der Waals surface area contributed by atoms with Gasteiger partial charge in [-0.1, -0.05) is 30.5 Å². The molecule has 0 aromatic heterocycles. The van der Waals surface area contributed by atoms with Crippen LogP contribution in [0, 0.1) is 32.6 Å². The van der Waals surface area contributed by atoms with E-state index in [0.29, 0.717) is 11.8 Å². The van der Waals surface area contributed by atoms with Gasteiger partial charge in [0.1, 0.15) is 0 Å². The lowest BCUT2D eigenvalue weighted by molar-refractivity contribution is 0.0508.